The van der Waals surface area contributed by atoms with Crippen LogP contribution in [0.5, 0.6) is 0 Å². The number of nitrogens with zero attached hydrogens (tertiary/aromatic N) is 1. The minimum absolute atomic E-state index is 0.155. The van der Waals surface area contributed by atoms with Crippen molar-refractivity contribution in [3.05, 3.63) is 48.6 Å². The van der Waals surface area contributed by atoms with Crippen LogP contribution >= 0.6 is 0 Å². The summed E-state index contributed by atoms with van der Waals surface area (Å²) >= 11 is 0. The van der Waals surface area contributed by atoms with Crippen LogP contribution in [-0.2, 0) is 20.9 Å². The number of hydrogen-bond donors (Lipinski definition) is 0. The molecule has 5 nitrogen and oxygen atoms in total. The van der Waals surface area contributed by atoms with Gasteiger partial charge in [-0.2, -0.15) is 0 Å². The van der Waals surface area contributed by atoms with Gasteiger partial charge in [-0.1, -0.05) is 43.0 Å². The molecule has 1 fully saturated rings. The minimum atomic E-state index is -0.548. The molecular weight excluding hydrogens is 270 g/mol. The summed E-state index contributed by atoms with van der Waals surface area (Å²) in [6.45, 7) is 4.36. The lowest BCUT2D eigenvalue weighted by Gasteiger charge is -2.22. The summed E-state index contributed by atoms with van der Waals surface area (Å²) in [5, 5.41) is 0. The third kappa shape index (κ3) is 4.08. The molecule has 1 saturated heterocycles. The van der Waals surface area contributed by atoms with E-state index in [4.69, 9.17) is 9.47 Å². The third-order valence-electron chi connectivity index (χ3n) is 3.31. The molecule has 1 amide bonds. The molecule has 112 valence electrons. The third-order valence-corrected chi connectivity index (χ3v) is 3.31. The number of carbonyl (C=O) groups is 2. The molecule has 0 N–H and O–H groups in total. The molecule has 1 atom stereocenters. The van der Waals surface area contributed by atoms with Gasteiger partial charge in [0, 0.05) is 6.54 Å². The van der Waals surface area contributed by atoms with Crippen molar-refractivity contribution in [2.75, 3.05) is 13.2 Å². The topological polar surface area (TPSA) is 55.8 Å². The molecule has 1 aromatic carbocycles. The van der Waals surface area contributed by atoms with Gasteiger partial charge in [-0.3, -0.25) is 4.90 Å². The van der Waals surface area contributed by atoms with Gasteiger partial charge in [0.15, 0.2) is 0 Å². The van der Waals surface area contributed by atoms with Gasteiger partial charge >= 0.3 is 12.1 Å². The Balaban J connectivity index is 1.88. The normalized spacial score (nSPS) is 17.3. The van der Waals surface area contributed by atoms with E-state index in [9.17, 15) is 9.59 Å². The van der Waals surface area contributed by atoms with E-state index in [1.54, 1.807) is 0 Å². The van der Waals surface area contributed by atoms with Crippen molar-refractivity contribution in [1.29, 1.82) is 0 Å². The molecule has 0 unspecified atom stereocenters. The summed E-state index contributed by atoms with van der Waals surface area (Å²) in [6.07, 6.45) is 2.41. The fraction of sp³-hybridized carbons (Fsp3) is 0.375. The van der Waals surface area contributed by atoms with Gasteiger partial charge in [-0.15, -0.1) is 0 Å². The first kappa shape index (κ1) is 15.1. The second-order valence-electron chi connectivity index (χ2n) is 4.81. The summed E-state index contributed by atoms with van der Waals surface area (Å²) in [4.78, 5) is 25.4. The maximum Gasteiger partial charge on any atom is 0.410 e. The fourth-order valence-corrected chi connectivity index (χ4v) is 2.27. The summed E-state index contributed by atoms with van der Waals surface area (Å²) in [5.74, 6) is -0.399. The first-order valence-electron chi connectivity index (χ1n) is 6.97. The average molecular weight is 289 g/mol. The maximum atomic E-state index is 12.1. The van der Waals surface area contributed by atoms with E-state index in [2.05, 4.69) is 6.58 Å². The Labute approximate surface area is 124 Å². The van der Waals surface area contributed by atoms with Crippen molar-refractivity contribution in [3.63, 3.8) is 0 Å². The zero-order valence-electron chi connectivity index (χ0n) is 11.9. The van der Waals surface area contributed by atoms with E-state index in [0.717, 1.165) is 12.0 Å². The Kier molecular flexibility index (Phi) is 5.37. The van der Waals surface area contributed by atoms with Crippen LogP contribution in [0.2, 0.25) is 0 Å². The van der Waals surface area contributed by atoms with Crippen molar-refractivity contribution in [2.24, 2.45) is 0 Å². The molecule has 0 aromatic heterocycles. The van der Waals surface area contributed by atoms with E-state index in [1.165, 1.54) is 11.0 Å². The zero-order valence-corrected chi connectivity index (χ0v) is 11.9. The highest BCUT2D eigenvalue weighted by molar-refractivity contribution is 5.82. The van der Waals surface area contributed by atoms with Gasteiger partial charge in [0.1, 0.15) is 19.3 Å². The quantitative estimate of drug-likeness (QED) is 0.617. The summed E-state index contributed by atoms with van der Waals surface area (Å²) in [5.41, 5.74) is 0.913. The SMILES string of the molecule is C=CCOC(=O)[C@@H]1CCCN1C(=O)OCc1ccccc1. The molecule has 0 spiro atoms. The number of benzene rings is 1. The number of amides is 1. The smallest absolute Gasteiger partial charge is 0.410 e. The lowest BCUT2D eigenvalue weighted by atomic mass is 10.2. The summed E-state index contributed by atoms with van der Waals surface area (Å²) < 4.78 is 10.3. The molecule has 0 bridgehead atoms. The van der Waals surface area contributed by atoms with Crippen LogP contribution in [0, 0.1) is 0 Å². The van der Waals surface area contributed by atoms with Gasteiger partial charge in [0.25, 0.3) is 0 Å². The maximum absolute atomic E-state index is 12.1. The first-order chi connectivity index (χ1) is 10.2. The van der Waals surface area contributed by atoms with Crippen molar-refractivity contribution < 1.29 is 19.1 Å². The predicted octanol–water partition coefficient (Wildman–Crippen LogP) is 2.52. The molecule has 1 aliphatic rings. The largest absolute Gasteiger partial charge is 0.460 e. The Morgan fingerprint density at radius 3 is 2.76 bits per heavy atom. The van der Waals surface area contributed by atoms with Gasteiger partial charge in [0.05, 0.1) is 0 Å². The Hall–Kier alpha value is -2.30. The van der Waals surface area contributed by atoms with E-state index >= 15 is 0 Å². The first-order valence-corrected chi connectivity index (χ1v) is 6.97. The summed E-state index contributed by atoms with van der Waals surface area (Å²) in [6, 6.07) is 8.88. The molecule has 1 aromatic rings. The standard InChI is InChI=1S/C16H19NO4/c1-2-11-20-15(18)14-9-6-10-17(14)16(19)21-12-13-7-4-3-5-8-13/h2-5,7-8,14H,1,6,9-12H2/t14-/m0/s1. The van der Waals surface area contributed by atoms with Crippen LogP contribution in [0.1, 0.15) is 18.4 Å². The summed E-state index contributed by atoms with van der Waals surface area (Å²) in [7, 11) is 0. The Morgan fingerprint density at radius 2 is 2.05 bits per heavy atom. The number of likely N-dealkylation sites (tertiary alicyclic amines) is 1. The molecule has 21 heavy (non-hydrogen) atoms. The lowest BCUT2D eigenvalue weighted by Crippen LogP contribution is -2.41. The second-order valence-corrected chi connectivity index (χ2v) is 4.81. The van der Waals surface area contributed by atoms with Crippen LogP contribution in [0.25, 0.3) is 0 Å². The van der Waals surface area contributed by atoms with Gasteiger partial charge in [-0.05, 0) is 18.4 Å². The molecule has 0 radical (unpaired) electrons. The van der Waals surface area contributed by atoms with Crippen LogP contribution in [0.3, 0.4) is 0 Å². The van der Waals surface area contributed by atoms with Gasteiger partial charge < -0.3 is 9.47 Å². The second kappa shape index (κ2) is 7.47. The predicted molar refractivity (Wildman–Crippen MR) is 77.5 cm³/mol. The average Bonchev–Trinajstić information content (AvgIpc) is 3.01. The number of rotatable bonds is 5. The number of hydrogen-bond acceptors (Lipinski definition) is 4. The van der Waals surface area contributed by atoms with Crippen LogP contribution in [-0.4, -0.2) is 36.2 Å². The Morgan fingerprint density at radius 1 is 1.29 bits per heavy atom. The van der Waals surface area contributed by atoms with E-state index in [0.29, 0.717) is 13.0 Å². The molecule has 0 saturated carbocycles. The highest BCUT2D eigenvalue weighted by atomic mass is 16.6. The molecule has 1 aliphatic heterocycles. The Bertz CT molecular complexity index is 500. The van der Waals surface area contributed by atoms with Gasteiger partial charge in [0.2, 0.25) is 0 Å². The van der Waals surface area contributed by atoms with E-state index in [1.807, 2.05) is 30.3 Å². The minimum Gasteiger partial charge on any atom is -0.460 e. The van der Waals surface area contributed by atoms with Crippen molar-refractivity contribution in [3.8, 4) is 0 Å². The number of ether oxygens (including phenoxy) is 2. The molecule has 1 heterocycles. The fourth-order valence-electron chi connectivity index (χ4n) is 2.27. The van der Waals surface area contributed by atoms with Gasteiger partial charge in [-0.25, -0.2) is 9.59 Å². The van der Waals surface area contributed by atoms with E-state index < -0.39 is 18.1 Å². The highest BCUT2D eigenvalue weighted by Gasteiger charge is 2.36. The van der Waals surface area contributed by atoms with Crippen molar-refractivity contribution >= 4 is 12.1 Å². The zero-order chi connectivity index (χ0) is 15.1. The van der Waals surface area contributed by atoms with Crippen molar-refractivity contribution in [2.45, 2.75) is 25.5 Å². The monoisotopic (exact) mass is 289 g/mol. The van der Waals surface area contributed by atoms with Crippen molar-refractivity contribution in [1.82, 2.24) is 4.90 Å². The molecule has 2 rings (SSSR count). The molecular formula is C16H19NO4. The molecule has 0 aliphatic carbocycles. The molecule has 5 heteroatoms. The lowest BCUT2D eigenvalue weighted by molar-refractivity contribution is -0.147. The number of esters is 1. The number of carbonyl (C=O) groups excluding carboxylic acids is 2. The highest BCUT2D eigenvalue weighted by Crippen LogP contribution is 2.20. The van der Waals surface area contributed by atoms with Crippen LogP contribution < -0.4 is 0 Å². The van der Waals surface area contributed by atoms with E-state index in [-0.39, 0.29) is 13.2 Å². The van der Waals surface area contributed by atoms with Crippen LogP contribution in [0.4, 0.5) is 4.79 Å². The van der Waals surface area contributed by atoms with Crippen LogP contribution in [0.15, 0.2) is 43.0 Å².